The number of para-hydroxylation sites is 2. The Kier molecular flexibility index (Phi) is 5.77. The molecule has 0 aliphatic rings. The molecule has 154 valence electrons. The predicted molar refractivity (Wildman–Crippen MR) is 125 cm³/mol. The van der Waals surface area contributed by atoms with Gasteiger partial charge in [-0.15, -0.1) is 0 Å². The summed E-state index contributed by atoms with van der Waals surface area (Å²) >= 11 is 12.5. The van der Waals surface area contributed by atoms with Crippen LogP contribution in [0.15, 0.2) is 66.7 Å². The Morgan fingerprint density at radius 3 is 2.37 bits per heavy atom. The van der Waals surface area contributed by atoms with Gasteiger partial charge < -0.3 is 9.30 Å². The summed E-state index contributed by atoms with van der Waals surface area (Å²) in [6.45, 7) is 7.57. The SMILES string of the molecule is CC(C)(C)c1ccc(OCc2nc3ccccc3n2Cc2ccc(Cl)cc2Cl)cc1. The van der Waals surface area contributed by atoms with E-state index < -0.39 is 0 Å². The molecule has 0 saturated carbocycles. The van der Waals surface area contributed by atoms with E-state index in [1.54, 1.807) is 6.07 Å². The third kappa shape index (κ3) is 4.48. The average molecular weight is 439 g/mol. The molecule has 0 fully saturated rings. The molecule has 0 bridgehead atoms. The zero-order valence-electron chi connectivity index (χ0n) is 17.3. The lowest BCUT2D eigenvalue weighted by molar-refractivity contribution is 0.291. The van der Waals surface area contributed by atoms with Crippen LogP contribution in [-0.2, 0) is 18.6 Å². The third-order valence-corrected chi connectivity index (χ3v) is 5.75. The quantitative estimate of drug-likeness (QED) is 0.327. The highest BCUT2D eigenvalue weighted by Gasteiger charge is 2.15. The molecular weight excluding hydrogens is 415 g/mol. The number of fused-ring (bicyclic) bond motifs is 1. The monoisotopic (exact) mass is 438 g/mol. The molecule has 0 atom stereocenters. The number of aromatic nitrogens is 2. The number of benzene rings is 3. The van der Waals surface area contributed by atoms with Crippen molar-refractivity contribution in [3.8, 4) is 5.75 Å². The molecule has 5 heteroatoms. The summed E-state index contributed by atoms with van der Waals surface area (Å²) in [5.74, 6) is 1.67. The summed E-state index contributed by atoms with van der Waals surface area (Å²) in [4.78, 5) is 4.80. The third-order valence-electron chi connectivity index (χ3n) is 5.17. The zero-order valence-corrected chi connectivity index (χ0v) is 18.8. The number of rotatable bonds is 5. The number of hydrogen-bond acceptors (Lipinski definition) is 2. The van der Waals surface area contributed by atoms with Crippen LogP contribution in [0.25, 0.3) is 11.0 Å². The van der Waals surface area contributed by atoms with Gasteiger partial charge in [-0.05, 0) is 52.9 Å². The Hall–Kier alpha value is -2.49. The highest BCUT2D eigenvalue weighted by Crippen LogP contribution is 2.27. The molecule has 0 radical (unpaired) electrons. The fourth-order valence-electron chi connectivity index (χ4n) is 3.43. The van der Waals surface area contributed by atoms with Gasteiger partial charge in [-0.3, -0.25) is 0 Å². The fourth-order valence-corrected chi connectivity index (χ4v) is 3.90. The highest BCUT2D eigenvalue weighted by atomic mass is 35.5. The van der Waals surface area contributed by atoms with E-state index in [9.17, 15) is 0 Å². The first-order chi connectivity index (χ1) is 14.3. The van der Waals surface area contributed by atoms with Crippen LogP contribution < -0.4 is 4.74 Å². The maximum atomic E-state index is 6.43. The van der Waals surface area contributed by atoms with Gasteiger partial charge in [0.2, 0.25) is 0 Å². The van der Waals surface area contributed by atoms with E-state index in [1.165, 1.54) is 5.56 Å². The van der Waals surface area contributed by atoms with Crippen LogP contribution in [0.1, 0.15) is 37.7 Å². The molecule has 0 aliphatic carbocycles. The maximum Gasteiger partial charge on any atom is 0.148 e. The second-order valence-corrected chi connectivity index (χ2v) is 9.25. The Labute approximate surface area is 187 Å². The van der Waals surface area contributed by atoms with Crippen molar-refractivity contribution < 1.29 is 4.74 Å². The van der Waals surface area contributed by atoms with Crippen molar-refractivity contribution in [3.05, 3.63) is 93.7 Å². The van der Waals surface area contributed by atoms with E-state index in [-0.39, 0.29) is 5.41 Å². The Morgan fingerprint density at radius 2 is 1.67 bits per heavy atom. The first-order valence-corrected chi connectivity index (χ1v) is 10.7. The second kappa shape index (κ2) is 8.33. The van der Waals surface area contributed by atoms with Crippen LogP contribution in [0.2, 0.25) is 10.0 Å². The van der Waals surface area contributed by atoms with Crippen molar-refractivity contribution in [3.63, 3.8) is 0 Å². The van der Waals surface area contributed by atoms with Gasteiger partial charge in [0.1, 0.15) is 18.2 Å². The van der Waals surface area contributed by atoms with Gasteiger partial charge in [-0.1, -0.05) is 74.3 Å². The summed E-state index contributed by atoms with van der Waals surface area (Å²) in [5, 5.41) is 1.27. The molecule has 0 unspecified atom stereocenters. The summed E-state index contributed by atoms with van der Waals surface area (Å²) in [7, 11) is 0. The fraction of sp³-hybridized carbons (Fsp3) is 0.240. The maximum absolute atomic E-state index is 6.43. The van der Waals surface area contributed by atoms with Crippen LogP contribution >= 0.6 is 23.2 Å². The molecule has 0 N–H and O–H groups in total. The molecule has 4 rings (SSSR count). The van der Waals surface area contributed by atoms with E-state index in [0.29, 0.717) is 23.2 Å². The van der Waals surface area contributed by atoms with Crippen molar-refractivity contribution in [1.82, 2.24) is 9.55 Å². The molecule has 3 nitrogen and oxygen atoms in total. The molecular formula is C25H24Cl2N2O. The van der Waals surface area contributed by atoms with E-state index in [0.717, 1.165) is 28.2 Å². The summed E-state index contributed by atoms with van der Waals surface area (Å²) in [6, 6.07) is 21.9. The molecule has 1 aromatic heterocycles. The minimum Gasteiger partial charge on any atom is -0.486 e. The molecule has 30 heavy (non-hydrogen) atoms. The minimum atomic E-state index is 0.115. The van der Waals surface area contributed by atoms with Crippen LogP contribution in [0.4, 0.5) is 0 Å². The Morgan fingerprint density at radius 1 is 0.933 bits per heavy atom. The number of imidazole rings is 1. The summed E-state index contributed by atoms with van der Waals surface area (Å²) < 4.78 is 8.23. The van der Waals surface area contributed by atoms with Crippen molar-refractivity contribution in [2.24, 2.45) is 0 Å². The van der Waals surface area contributed by atoms with Crippen LogP contribution in [0.5, 0.6) is 5.75 Å². The zero-order chi connectivity index (χ0) is 21.3. The number of nitrogens with zero attached hydrogens (tertiary/aromatic N) is 2. The lowest BCUT2D eigenvalue weighted by Crippen LogP contribution is -2.11. The minimum absolute atomic E-state index is 0.115. The van der Waals surface area contributed by atoms with Crippen LogP contribution in [0, 0.1) is 0 Å². The molecule has 0 saturated heterocycles. The first-order valence-electron chi connectivity index (χ1n) is 9.93. The lowest BCUT2D eigenvalue weighted by atomic mass is 9.87. The van der Waals surface area contributed by atoms with E-state index in [2.05, 4.69) is 43.5 Å². The summed E-state index contributed by atoms with van der Waals surface area (Å²) in [5.41, 5.74) is 4.36. The van der Waals surface area contributed by atoms with Crippen molar-refractivity contribution >= 4 is 34.2 Å². The van der Waals surface area contributed by atoms with Crippen molar-refractivity contribution in [2.45, 2.75) is 39.3 Å². The smallest absolute Gasteiger partial charge is 0.148 e. The molecule has 0 amide bonds. The van der Waals surface area contributed by atoms with Crippen LogP contribution in [-0.4, -0.2) is 9.55 Å². The first kappa shape index (κ1) is 20.8. The number of ether oxygens (including phenoxy) is 1. The molecule has 1 heterocycles. The molecule has 3 aromatic carbocycles. The number of halogens is 2. The van der Waals surface area contributed by atoms with Gasteiger partial charge >= 0.3 is 0 Å². The van der Waals surface area contributed by atoms with Gasteiger partial charge in [0.25, 0.3) is 0 Å². The van der Waals surface area contributed by atoms with E-state index >= 15 is 0 Å². The largest absolute Gasteiger partial charge is 0.486 e. The highest BCUT2D eigenvalue weighted by molar-refractivity contribution is 6.35. The predicted octanol–water partition coefficient (Wildman–Crippen LogP) is 7.27. The van der Waals surface area contributed by atoms with Crippen molar-refractivity contribution in [2.75, 3.05) is 0 Å². The van der Waals surface area contributed by atoms with Gasteiger partial charge in [-0.25, -0.2) is 4.98 Å². The van der Waals surface area contributed by atoms with Gasteiger partial charge in [0, 0.05) is 10.0 Å². The molecule has 4 aromatic rings. The van der Waals surface area contributed by atoms with Crippen molar-refractivity contribution in [1.29, 1.82) is 0 Å². The normalized spacial score (nSPS) is 11.8. The molecule has 0 spiro atoms. The van der Waals surface area contributed by atoms with Gasteiger partial charge in [0.15, 0.2) is 0 Å². The van der Waals surface area contributed by atoms with Gasteiger partial charge in [0.05, 0.1) is 17.6 Å². The standard InChI is InChI=1S/C25H24Cl2N2O/c1-25(2,3)18-9-12-20(13-10-18)30-16-24-28-22-6-4-5-7-23(22)29(24)15-17-8-11-19(26)14-21(17)27/h4-14H,15-16H2,1-3H3. The summed E-state index contributed by atoms with van der Waals surface area (Å²) in [6.07, 6.45) is 0. The van der Waals surface area contributed by atoms with E-state index in [4.69, 9.17) is 32.9 Å². The van der Waals surface area contributed by atoms with Crippen LogP contribution in [0.3, 0.4) is 0 Å². The second-order valence-electron chi connectivity index (χ2n) is 8.40. The van der Waals surface area contributed by atoms with E-state index in [1.807, 2.05) is 42.5 Å². The topological polar surface area (TPSA) is 27.1 Å². The average Bonchev–Trinajstić information content (AvgIpc) is 3.05. The number of hydrogen-bond donors (Lipinski definition) is 0. The Bertz CT molecular complexity index is 1170. The lowest BCUT2D eigenvalue weighted by Gasteiger charge is -2.19. The van der Waals surface area contributed by atoms with Gasteiger partial charge in [-0.2, -0.15) is 0 Å². The molecule has 0 aliphatic heterocycles. The Balaban J connectivity index is 1.61.